The van der Waals surface area contributed by atoms with Gasteiger partial charge in [-0.1, -0.05) is 42.4 Å². The van der Waals surface area contributed by atoms with Crippen molar-refractivity contribution in [1.29, 1.82) is 0 Å². The third-order valence-electron chi connectivity index (χ3n) is 3.04. The summed E-state index contributed by atoms with van der Waals surface area (Å²) in [6.45, 7) is 4.40. The van der Waals surface area contributed by atoms with Crippen molar-refractivity contribution >= 4 is 0 Å². The molecule has 0 aliphatic heterocycles. The molecule has 1 heterocycles. The van der Waals surface area contributed by atoms with Crippen LogP contribution >= 0.6 is 0 Å². The molecule has 1 N–H and O–H groups in total. The summed E-state index contributed by atoms with van der Waals surface area (Å²) in [4.78, 5) is 4.33. The van der Waals surface area contributed by atoms with Crippen LogP contribution in [-0.4, -0.2) is 28.0 Å². The molecule has 108 valence electrons. The molecule has 2 rings (SSSR count). The second-order valence-electron chi connectivity index (χ2n) is 4.56. The van der Waals surface area contributed by atoms with E-state index in [4.69, 9.17) is 9.26 Å². The van der Waals surface area contributed by atoms with Gasteiger partial charge in [0.25, 0.3) is 0 Å². The van der Waals surface area contributed by atoms with E-state index in [9.17, 15) is 5.11 Å². The molecule has 5 heteroatoms. The fourth-order valence-corrected chi connectivity index (χ4v) is 1.92. The topological polar surface area (TPSA) is 68.4 Å². The van der Waals surface area contributed by atoms with Gasteiger partial charge in [0.2, 0.25) is 11.7 Å². The Morgan fingerprint density at radius 3 is 2.65 bits per heavy atom. The lowest BCUT2D eigenvalue weighted by molar-refractivity contribution is 0.0833. The van der Waals surface area contributed by atoms with Crippen LogP contribution in [0.5, 0.6) is 0 Å². The molecule has 0 radical (unpaired) electrons. The zero-order valence-corrected chi connectivity index (χ0v) is 11.8. The van der Waals surface area contributed by atoms with Gasteiger partial charge in [-0.05, 0) is 18.9 Å². The van der Waals surface area contributed by atoms with Crippen molar-refractivity contribution in [3.05, 3.63) is 47.6 Å². The first-order valence-electron chi connectivity index (χ1n) is 6.91. The van der Waals surface area contributed by atoms with Crippen molar-refractivity contribution in [3.8, 4) is 0 Å². The minimum absolute atomic E-state index is 0.336. The Bertz CT molecular complexity index is 513. The average molecular weight is 276 g/mol. The fraction of sp³-hybridized carbons (Fsp3) is 0.467. The molecule has 0 aliphatic carbocycles. The van der Waals surface area contributed by atoms with E-state index in [-0.39, 0.29) is 6.10 Å². The maximum atomic E-state index is 9.62. The highest BCUT2D eigenvalue weighted by Gasteiger charge is 2.21. The molecule has 0 saturated heterocycles. The fourth-order valence-electron chi connectivity index (χ4n) is 1.92. The second kappa shape index (κ2) is 7.17. The maximum absolute atomic E-state index is 9.62. The van der Waals surface area contributed by atoms with Crippen molar-refractivity contribution in [2.45, 2.75) is 38.9 Å². The molecular weight excluding hydrogens is 256 g/mol. The number of aromatic nitrogens is 2. The highest BCUT2D eigenvalue weighted by molar-refractivity contribution is 5.22. The van der Waals surface area contributed by atoms with Crippen LogP contribution in [0.4, 0.5) is 0 Å². The molecule has 1 aromatic carbocycles. The Labute approximate surface area is 118 Å². The van der Waals surface area contributed by atoms with Crippen LogP contribution in [0.2, 0.25) is 0 Å². The van der Waals surface area contributed by atoms with E-state index in [1.54, 1.807) is 0 Å². The number of benzene rings is 1. The number of rotatable bonds is 7. The second-order valence-corrected chi connectivity index (χ2v) is 4.56. The zero-order chi connectivity index (χ0) is 14.4. The lowest BCUT2D eigenvalue weighted by Gasteiger charge is -2.13. The minimum Gasteiger partial charge on any atom is -0.393 e. The third-order valence-corrected chi connectivity index (χ3v) is 3.04. The smallest absolute Gasteiger partial charge is 0.229 e. The first-order valence-corrected chi connectivity index (χ1v) is 6.91. The first-order chi connectivity index (χ1) is 9.74. The highest BCUT2D eigenvalue weighted by Crippen LogP contribution is 2.23. The summed E-state index contributed by atoms with van der Waals surface area (Å²) in [6.07, 6.45) is 0.241. The van der Waals surface area contributed by atoms with Gasteiger partial charge in [0.1, 0.15) is 6.10 Å². The summed E-state index contributed by atoms with van der Waals surface area (Å²) in [6, 6.07) is 9.78. The molecule has 0 fully saturated rings. The van der Waals surface area contributed by atoms with Crippen LogP contribution in [0, 0.1) is 0 Å². The molecule has 0 saturated carbocycles. The SMILES string of the molecule is CCOC(c1ccccc1)c1noc(CC(O)CC)n1. The van der Waals surface area contributed by atoms with Crippen LogP contribution < -0.4 is 0 Å². The lowest BCUT2D eigenvalue weighted by atomic mass is 10.1. The predicted octanol–water partition coefficient (Wildman–Crippen LogP) is 2.51. The van der Waals surface area contributed by atoms with E-state index in [1.165, 1.54) is 0 Å². The van der Waals surface area contributed by atoms with Crippen LogP contribution in [0.1, 0.15) is 43.7 Å². The standard InChI is InChI=1S/C15H20N2O3/c1-3-12(18)10-13-16-15(17-20-13)14(19-4-2)11-8-6-5-7-9-11/h5-9,12,14,18H,3-4,10H2,1-2H3. The van der Waals surface area contributed by atoms with Crippen molar-refractivity contribution in [2.75, 3.05) is 6.61 Å². The molecule has 0 bridgehead atoms. The van der Waals surface area contributed by atoms with Gasteiger partial charge in [-0.15, -0.1) is 0 Å². The number of hydrogen-bond acceptors (Lipinski definition) is 5. The molecule has 1 aromatic heterocycles. The largest absolute Gasteiger partial charge is 0.393 e. The minimum atomic E-state index is -0.453. The van der Waals surface area contributed by atoms with Gasteiger partial charge in [0.15, 0.2) is 0 Å². The van der Waals surface area contributed by atoms with E-state index in [0.717, 1.165) is 5.56 Å². The van der Waals surface area contributed by atoms with Gasteiger partial charge in [0.05, 0.1) is 12.5 Å². The summed E-state index contributed by atoms with van der Waals surface area (Å²) in [5.74, 6) is 0.936. The molecule has 0 aliphatic rings. The van der Waals surface area contributed by atoms with Crippen molar-refractivity contribution < 1.29 is 14.4 Å². The van der Waals surface area contributed by atoms with Gasteiger partial charge in [-0.3, -0.25) is 0 Å². The molecule has 2 atom stereocenters. The highest BCUT2D eigenvalue weighted by atomic mass is 16.5. The summed E-state index contributed by atoms with van der Waals surface area (Å²) in [7, 11) is 0. The Hall–Kier alpha value is -1.72. The van der Waals surface area contributed by atoms with Gasteiger partial charge < -0.3 is 14.4 Å². The Morgan fingerprint density at radius 2 is 2.00 bits per heavy atom. The number of aliphatic hydroxyl groups excluding tert-OH is 1. The molecular formula is C15H20N2O3. The van der Waals surface area contributed by atoms with Crippen molar-refractivity contribution in [1.82, 2.24) is 10.1 Å². The Balaban J connectivity index is 2.18. The van der Waals surface area contributed by atoms with Crippen LogP contribution in [0.3, 0.4) is 0 Å². The van der Waals surface area contributed by atoms with Gasteiger partial charge in [-0.2, -0.15) is 4.98 Å². The quantitative estimate of drug-likeness (QED) is 0.841. The number of ether oxygens (including phenoxy) is 1. The summed E-state index contributed by atoms with van der Waals surface area (Å²) in [5, 5.41) is 13.6. The molecule has 0 spiro atoms. The van der Waals surface area contributed by atoms with Crippen molar-refractivity contribution in [2.24, 2.45) is 0 Å². The third kappa shape index (κ3) is 3.65. The van der Waals surface area contributed by atoms with Gasteiger partial charge in [0, 0.05) is 6.61 Å². The van der Waals surface area contributed by atoms with E-state index >= 15 is 0 Å². The van der Waals surface area contributed by atoms with Gasteiger partial charge >= 0.3 is 0 Å². The number of aliphatic hydroxyl groups is 1. The van der Waals surface area contributed by atoms with E-state index < -0.39 is 6.10 Å². The summed E-state index contributed by atoms with van der Waals surface area (Å²) >= 11 is 0. The molecule has 0 amide bonds. The van der Waals surface area contributed by atoms with Crippen molar-refractivity contribution in [3.63, 3.8) is 0 Å². The predicted molar refractivity (Wildman–Crippen MR) is 74.2 cm³/mol. The average Bonchev–Trinajstić information content (AvgIpc) is 2.93. The Kier molecular flexibility index (Phi) is 5.26. The van der Waals surface area contributed by atoms with E-state index in [1.807, 2.05) is 44.2 Å². The summed E-state index contributed by atoms with van der Waals surface area (Å²) in [5.41, 5.74) is 0.984. The summed E-state index contributed by atoms with van der Waals surface area (Å²) < 4.78 is 10.9. The van der Waals surface area contributed by atoms with Gasteiger partial charge in [-0.25, -0.2) is 0 Å². The molecule has 5 nitrogen and oxygen atoms in total. The number of nitrogens with zero attached hydrogens (tertiary/aromatic N) is 2. The Morgan fingerprint density at radius 1 is 1.25 bits per heavy atom. The zero-order valence-electron chi connectivity index (χ0n) is 11.8. The molecule has 2 unspecified atom stereocenters. The normalized spacial score (nSPS) is 14.2. The molecule has 20 heavy (non-hydrogen) atoms. The molecule has 2 aromatic rings. The van der Waals surface area contributed by atoms with Crippen LogP contribution in [0.25, 0.3) is 0 Å². The lowest BCUT2D eigenvalue weighted by Crippen LogP contribution is -2.10. The van der Waals surface area contributed by atoms with E-state index in [2.05, 4.69) is 10.1 Å². The van der Waals surface area contributed by atoms with E-state index in [0.29, 0.717) is 31.2 Å². The van der Waals surface area contributed by atoms with Crippen LogP contribution in [-0.2, 0) is 11.2 Å². The monoisotopic (exact) mass is 276 g/mol. The number of hydrogen-bond donors (Lipinski definition) is 1. The van der Waals surface area contributed by atoms with Crippen LogP contribution in [0.15, 0.2) is 34.9 Å². The maximum Gasteiger partial charge on any atom is 0.229 e. The first kappa shape index (κ1) is 14.7.